The lowest BCUT2D eigenvalue weighted by Gasteiger charge is -2.26. The van der Waals surface area contributed by atoms with Gasteiger partial charge in [0.25, 0.3) is 0 Å². The number of nitrogens with one attached hydrogen (secondary N) is 3. The maximum Gasteiger partial charge on any atom is 0.326 e. The lowest BCUT2D eigenvalue weighted by molar-refractivity contribution is -0.142. The molecule has 0 radical (unpaired) electrons. The average Bonchev–Trinajstić information content (AvgIpc) is 2.88. The van der Waals surface area contributed by atoms with E-state index in [-0.39, 0.29) is 30.4 Å². The minimum absolute atomic E-state index is 0.0114. The van der Waals surface area contributed by atoms with Gasteiger partial charge in [-0.2, -0.15) is 0 Å². The molecule has 0 saturated heterocycles. The molecule has 40 heavy (non-hydrogen) atoms. The minimum atomic E-state index is -1.17. The molecule has 0 aromatic heterocycles. The van der Waals surface area contributed by atoms with E-state index in [0.717, 1.165) is 5.56 Å². The Balaban J connectivity index is 2.22. The molecule has 4 atom stereocenters. The number of amides is 3. The minimum Gasteiger partial charge on any atom is -0.508 e. The smallest absolute Gasteiger partial charge is 0.326 e. The summed E-state index contributed by atoms with van der Waals surface area (Å²) in [5.41, 5.74) is 7.66. The third-order valence-electron chi connectivity index (χ3n) is 6.31. The maximum atomic E-state index is 13.4. The Morgan fingerprint density at radius 3 is 1.70 bits per heavy atom. The highest BCUT2D eigenvalue weighted by Crippen LogP contribution is 2.13. The Kier molecular flexibility index (Phi) is 12.6. The van der Waals surface area contributed by atoms with E-state index in [2.05, 4.69) is 16.0 Å². The first-order chi connectivity index (χ1) is 18.8. The van der Waals surface area contributed by atoms with Crippen LogP contribution in [0.1, 0.15) is 51.7 Å². The van der Waals surface area contributed by atoms with Crippen molar-refractivity contribution in [3.63, 3.8) is 0 Å². The predicted octanol–water partition coefficient (Wildman–Crippen LogP) is 2.14. The summed E-state index contributed by atoms with van der Waals surface area (Å²) < 4.78 is 0. The van der Waals surface area contributed by atoms with Gasteiger partial charge < -0.3 is 31.9 Å². The van der Waals surface area contributed by atoms with E-state index in [9.17, 15) is 29.4 Å². The largest absolute Gasteiger partial charge is 0.508 e. The van der Waals surface area contributed by atoms with Crippen molar-refractivity contribution in [3.05, 3.63) is 65.7 Å². The highest BCUT2D eigenvalue weighted by molar-refractivity contribution is 5.94. The number of nitrogens with two attached hydrogens (primary N) is 1. The molecule has 0 aliphatic heterocycles. The molecule has 218 valence electrons. The van der Waals surface area contributed by atoms with Crippen molar-refractivity contribution in [2.45, 2.75) is 77.5 Å². The standard InChI is InChI=1S/C30H42N4O6/c1-18(2)14-24(32-27(36)23(31)16-20-8-6-5-7-9-20)28(37)33-25(17-21-10-12-22(35)13-11-21)29(38)34-26(30(39)40)15-19(3)4/h5-13,18-19,23-26,35H,14-17,31H2,1-4H3,(H,32,36)(H,33,37)(H,34,38)(H,39,40). The van der Waals surface area contributed by atoms with Crippen molar-refractivity contribution >= 4 is 23.7 Å². The number of benzene rings is 2. The molecule has 0 fully saturated rings. The van der Waals surface area contributed by atoms with Crippen molar-refractivity contribution < 1.29 is 29.4 Å². The number of hydrogen-bond donors (Lipinski definition) is 6. The quantitative estimate of drug-likeness (QED) is 0.196. The van der Waals surface area contributed by atoms with Crippen LogP contribution >= 0.6 is 0 Å². The van der Waals surface area contributed by atoms with Gasteiger partial charge in [0, 0.05) is 6.42 Å². The second kappa shape index (κ2) is 15.6. The number of aromatic hydroxyl groups is 1. The van der Waals surface area contributed by atoms with E-state index in [4.69, 9.17) is 5.73 Å². The third kappa shape index (κ3) is 11.1. The van der Waals surface area contributed by atoms with E-state index in [1.807, 2.05) is 58.0 Å². The Hall–Kier alpha value is -3.92. The molecule has 0 aliphatic carbocycles. The number of aliphatic carboxylic acids is 1. The molecule has 0 aliphatic rings. The molecule has 0 bridgehead atoms. The van der Waals surface area contributed by atoms with Gasteiger partial charge >= 0.3 is 5.97 Å². The Labute approximate surface area is 235 Å². The summed E-state index contributed by atoms with van der Waals surface area (Å²) in [6, 6.07) is 11.3. The zero-order valence-corrected chi connectivity index (χ0v) is 23.6. The molecule has 7 N–H and O–H groups in total. The van der Waals surface area contributed by atoms with E-state index in [1.54, 1.807) is 12.1 Å². The first-order valence-electron chi connectivity index (χ1n) is 13.6. The third-order valence-corrected chi connectivity index (χ3v) is 6.31. The number of phenolic OH excluding ortho intramolecular Hbond substituents is 1. The molecule has 10 nitrogen and oxygen atoms in total. The van der Waals surface area contributed by atoms with Gasteiger partial charge in [0.15, 0.2) is 0 Å². The van der Waals surface area contributed by atoms with Gasteiger partial charge in [0.05, 0.1) is 6.04 Å². The fourth-order valence-electron chi connectivity index (χ4n) is 4.26. The van der Waals surface area contributed by atoms with Gasteiger partial charge in [-0.1, -0.05) is 70.2 Å². The number of carboxylic acid groups (broad SMARTS) is 1. The fraction of sp³-hybridized carbons (Fsp3) is 0.467. The predicted molar refractivity (Wildman–Crippen MR) is 152 cm³/mol. The van der Waals surface area contributed by atoms with Gasteiger partial charge in [-0.3, -0.25) is 14.4 Å². The molecule has 0 spiro atoms. The fourth-order valence-corrected chi connectivity index (χ4v) is 4.26. The zero-order valence-electron chi connectivity index (χ0n) is 23.6. The summed E-state index contributed by atoms with van der Waals surface area (Å²) in [6.07, 6.45) is 0.850. The van der Waals surface area contributed by atoms with Gasteiger partial charge in [0.2, 0.25) is 17.7 Å². The Bertz CT molecular complexity index is 1120. The molecular formula is C30H42N4O6. The topological polar surface area (TPSA) is 171 Å². The lowest BCUT2D eigenvalue weighted by Crippen LogP contribution is -2.58. The van der Waals surface area contributed by atoms with Crippen molar-refractivity contribution in [1.29, 1.82) is 0 Å². The summed E-state index contributed by atoms with van der Waals surface area (Å²) in [5, 5.41) is 27.2. The van der Waals surface area contributed by atoms with Crippen LogP contribution in [-0.2, 0) is 32.0 Å². The number of phenols is 1. The van der Waals surface area contributed by atoms with Crippen molar-refractivity contribution in [3.8, 4) is 5.75 Å². The molecule has 2 aromatic carbocycles. The van der Waals surface area contributed by atoms with Crippen LogP contribution in [0.5, 0.6) is 5.75 Å². The monoisotopic (exact) mass is 554 g/mol. The molecule has 0 saturated carbocycles. The van der Waals surface area contributed by atoms with Gasteiger partial charge in [0.1, 0.15) is 23.9 Å². The van der Waals surface area contributed by atoms with E-state index in [0.29, 0.717) is 18.4 Å². The number of carboxylic acids is 1. The molecule has 2 aromatic rings. The molecule has 2 rings (SSSR count). The molecule has 4 unspecified atom stereocenters. The summed E-state index contributed by atoms with van der Waals surface area (Å²) in [5.74, 6) is -2.82. The van der Waals surface area contributed by atoms with Crippen molar-refractivity contribution in [1.82, 2.24) is 16.0 Å². The normalized spacial score (nSPS) is 14.2. The van der Waals surface area contributed by atoms with Gasteiger partial charge in [-0.05, 0) is 54.4 Å². The first-order valence-corrected chi connectivity index (χ1v) is 13.6. The maximum absolute atomic E-state index is 13.4. The van der Waals surface area contributed by atoms with Crippen LogP contribution in [-0.4, -0.2) is 58.1 Å². The van der Waals surface area contributed by atoms with E-state index < -0.39 is 47.9 Å². The van der Waals surface area contributed by atoms with Gasteiger partial charge in [-0.15, -0.1) is 0 Å². The van der Waals surface area contributed by atoms with Crippen molar-refractivity contribution in [2.24, 2.45) is 17.6 Å². The second-order valence-electron chi connectivity index (χ2n) is 10.9. The van der Waals surface area contributed by atoms with Gasteiger partial charge in [-0.25, -0.2) is 4.79 Å². The van der Waals surface area contributed by atoms with Crippen LogP contribution in [0, 0.1) is 11.8 Å². The average molecular weight is 555 g/mol. The first kappa shape index (κ1) is 32.3. The van der Waals surface area contributed by atoms with E-state index >= 15 is 0 Å². The summed E-state index contributed by atoms with van der Waals surface area (Å²) in [7, 11) is 0. The highest BCUT2D eigenvalue weighted by atomic mass is 16.4. The van der Waals surface area contributed by atoms with Crippen LogP contribution in [0.2, 0.25) is 0 Å². The number of carbonyl (C=O) groups is 4. The molecular weight excluding hydrogens is 512 g/mol. The van der Waals surface area contributed by atoms with Crippen LogP contribution < -0.4 is 21.7 Å². The number of rotatable bonds is 15. The highest BCUT2D eigenvalue weighted by Gasteiger charge is 2.31. The molecule has 3 amide bonds. The van der Waals surface area contributed by atoms with Crippen LogP contribution in [0.15, 0.2) is 54.6 Å². The molecule has 10 heteroatoms. The SMILES string of the molecule is CC(C)CC(NC(=O)C(Cc1ccc(O)cc1)NC(=O)C(CC(C)C)NC(=O)C(N)Cc1ccccc1)C(=O)O. The lowest BCUT2D eigenvalue weighted by atomic mass is 9.99. The van der Waals surface area contributed by atoms with Crippen LogP contribution in [0.3, 0.4) is 0 Å². The van der Waals surface area contributed by atoms with E-state index in [1.165, 1.54) is 12.1 Å². The van der Waals surface area contributed by atoms with Crippen molar-refractivity contribution in [2.75, 3.05) is 0 Å². The Morgan fingerprint density at radius 2 is 1.15 bits per heavy atom. The number of hydrogen-bond acceptors (Lipinski definition) is 6. The zero-order chi connectivity index (χ0) is 29.8. The molecule has 0 heterocycles. The summed E-state index contributed by atoms with van der Waals surface area (Å²) >= 11 is 0. The second-order valence-corrected chi connectivity index (χ2v) is 10.9. The summed E-state index contributed by atoms with van der Waals surface area (Å²) in [6.45, 7) is 7.50. The summed E-state index contributed by atoms with van der Waals surface area (Å²) in [4.78, 5) is 51.4. The van der Waals surface area contributed by atoms with Crippen LogP contribution in [0.25, 0.3) is 0 Å². The number of carbonyl (C=O) groups excluding carboxylic acids is 3. The Morgan fingerprint density at radius 1 is 0.675 bits per heavy atom. The van der Waals surface area contributed by atoms with Crippen LogP contribution in [0.4, 0.5) is 0 Å².